The molecule has 1 saturated heterocycles. The maximum Gasteiger partial charge on any atom is 0.336 e. The molecule has 0 radical (unpaired) electrons. The first-order chi connectivity index (χ1) is 9.40. The van der Waals surface area contributed by atoms with Crippen LogP contribution in [0.3, 0.4) is 0 Å². The van der Waals surface area contributed by atoms with Gasteiger partial charge in [-0.05, 0) is 13.0 Å². The van der Waals surface area contributed by atoms with Crippen LogP contribution in [0, 0.1) is 17.0 Å². The fourth-order valence-corrected chi connectivity index (χ4v) is 3.26. The van der Waals surface area contributed by atoms with Gasteiger partial charge in [0.1, 0.15) is 0 Å². The number of benzene rings is 1. The summed E-state index contributed by atoms with van der Waals surface area (Å²) < 4.78 is 11.4. The first-order valence-corrected chi connectivity index (χ1v) is 7.51. The topological polar surface area (TPSA) is 101 Å². The van der Waals surface area contributed by atoms with E-state index < -0.39 is 21.7 Å². The SMILES string of the molecule is Cc1c(N2CCS(=O)CC2)cc(C(=O)O)cc1[N+](=O)[O-]. The van der Waals surface area contributed by atoms with Gasteiger partial charge in [-0.1, -0.05) is 0 Å². The number of nitrogens with zero attached hydrogens (tertiary/aromatic N) is 2. The Balaban J connectivity index is 2.48. The minimum Gasteiger partial charge on any atom is -0.478 e. The van der Waals surface area contributed by atoms with Gasteiger partial charge in [-0.25, -0.2) is 4.79 Å². The third kappa shape index (κ3) is 2.79. The quantitative estimate of drug-likeness (QED) is 0.664. The number of carboxylic acid groups (broad SMARTS) is 1. The minimum absolute atomic E-state index is 0.107. The van der Waals surface area contributed by atoms with E-state index in [1.807, 2.05) is 4.90 Å². The van der Waals surface area contributed by atoms with Crippen molar-refractivity contribution >= 4 is 28.1 Å². The summed E-state index contributed by atoms with van der Waals surface area (Å²) in [5.41, 5.74) is 0.663. The Labute approximate surface area is 117 Å². The first kappa shape index (κ1) is 14.4. The molecule has 1 aromatic carbocycles. The fourth-order valence-electron chi connectivity index (χ4n) is 2.20. The molecule has 0 aliphatic carbocycles. The number of carbonyl (C=O) groups is 1. The van der Waals surface area contributed by atoms with Crippen LogP contribution in [0.2, 0.25) is 0 Å². The van der Waals surface area contributed by atoms with E-state index in [0.29, 0.717) is 35.8 Å². The van der Waals surface area contributed by atoms with E-state index in [1.165, 1.54) is 6.07 Å². The molecule has 8 heteroatoms. The Bertz CT molecular complexity index is 592. The lowest BCUT2D eigenvalue weighted by atomic mass is 10.1. The molecule has 1 N–H and O–H groups in total. The van der Waals surface area contributed by atoms with Crippen LogP contribution in [0.4, 0.5) is 11.4 Å². The van der Waals surface area contributed by atoms with E-state index >= 15 is 0 Å². The number of aromatic carboxylic acids is 1. The summed E-state index contributed by atoms with van der Waals surface area (Å²) in [6, 6.07) is 2.52. The molecule has 1 heterocycles. The maximum absolute atomic E-state index is 11.4. The highest BCUT2D eigenvalue weighted by molar-refractivity contribution is 7.85. The van der Waals surface area contributed by atoms with Gasteiger partial charge in [0.05, 0.1) is 16.1 Å². The molecule has 1 fully saturated rings. The zero-order valence-electron chi connectivity index (χ0n) is 10.9. The molecule has 20 heavy (non-hydrogen) atoms. The standard InChI is InChI=1S/C12H14N2O5S/c1-8-10(13-2-4-20(19)5-3-13)6-9(12(15)16)7-11(8)14(17)18/h6-7H,2-5H2,1H3,(H,15,16). The monoisotopic (exact) mass is 298 g/mol. The molecule has 1 aromatic rings. The number of anilines is 1. The molecule has 2 rings (SSSR count). The van der Waals surface area contributed by atoms with Crippen molar-refractivity contribution in [1.82, 2.24) is 0 Å². The molecule has 0 atom stereocenters. The maximum atomic E-state index is 11.4. The molecule has 1 aliphatic heterocycles. The highest BCUT2D eigenvalue weighted by Crippen LogP contribution is 2.31. The third-order valence-corrected chi connectivity index (χ3v) is 4.59. The van der Waals surface area contributed by atoms with E-state index in [4.69, 9.17) is 5.11 Å². The summed E-state index contributed by atoms with van der Waals surface area (Å²) in [5.74, 6) is -0.218. The van der Waals surface area contributed by atoms with Crippen molar-refractivity contribution in [2.75, 3.05) is 29.5 Å². The van der Waals surface area contributed by atoms with Crippen molar-refractivity contribution < 1.29 is 19.0 Å². The van der Waals surface area contributed by atoms with Crippen LogP contribution in [0.15, 0.2) is 12.1 Å². The smallest absolute Gasteiger partial charge is 0.336 e. The van der Waals surface area contributed by atoms with Gasteiger partial charge in [0.15, 0.2) is 0 Å². The molecule has 0 aromatic heterocycles. The zero-order chi connectivity index (χ0) is 14.9. The van der Waals surface area contributed by atoms with E-state index in [0.717, 1.165) is 6.07 Å². The molecular formula is C12H14N2O5S. The zero-order valence-corrected chi connectivity index (χ0v) is 11.7. The summed E-state index contributed by atoms with van der Waals surface area (Å²) in [6.45, 7) is 2.62. The van der Waals surface area contributed by atoms with Crippen molar-refractivity contribution in [3.05, 3.63) is 33.4 Å². The van der Waals surface area contributed by atoms with E-state index in [1.54, 1.807) is 6.92 Å². The molecule has 0 bridgehead atoms. The Morgan fingerprint density at radius 1 is 1.40 bits per heavy atom. The molecule has 108 valence electrons. The minimum atomic E-state index is -1.20. The van der Waals surface area contributed by atoms with Crippen LogP contribution < -0.4 is 4.90 Å². The van der Waals surface area contributed by atoms with Gasteiger partial charge in [0.25, 0.3) is 5.69 Å². The molecular weight excluding hydrogens is 284 g/mol. The van der Waals surface area contributed by atoms with Crippen molar-refractivity contribution in [3.63, 3.8) is 0 Å². The predicted octanol–water partition coefficient (Wildman–Crippen LogP) is 1.17. The van der Waals surface area contributed by atoms with Gasteiger partial charge < -0.3 is 10.0 Å². The van der Waals surface area contributed by atoms with Crippen LogP contribution in [-0.2, 0) is 10.8 Å². The Morgan fingerprint density at radius 3 is 2.50 bits per heavy atom. The number of carboxylic acids is 1. The second kappa shape index (κ2) is 5.58. The normalized spacial score (nSPS) is 16.1. The van der Waals surface area contributed by atoms with Crippen LogP contribution in [-0.4, -0.2) is 44.8 Å². The Morgan fingerprint density at radius 2 is 2.00 bits per heavy atom. The van der Waals surface area contributed by atoms with Crippen molar-refractivity contribution in [1.29, 1.82) is 0 Å². The van der Waals surface area contributed by atoms with Gasteiger partial charge >= 0.3 is 5.97 Å². The molecule has 0 saturated carbocycles. The number of nitro benzene ring substituents is 1. The highest BCUT2D eigenvalue weighted by atomic mass is 32.2. The molecule has 1 aliphatic rings. The summed E-state index contributed by atoms with van der Waals surface area (Å²) in [5, 5.41) is 20.1. The third-order valence-electron chi connectivity index (χ3n) is 3.31. The van der Waals surface area contributed by atoms with Crippen LogP contribution >= 0.6 is 0 Å². The average Bonchev–Trinajstić information content (AvgIpc) is 2.39. The van der Waals surface area contributed by atoms with Gasteiger partial charge in [-0.3, -0.25) is 14.3 Å². The summed E-state index contributed by atoms with van der Waals surface area (Å²) >= 11 is 0. The van der Waals surface area contributed by atoms with Gasteiger partial charge in [-0.15, -0.1) is 0 Å². The second-order valence-corrected chi connectivity index (χ2v) is 6.23. The van der Waals surface area contributed by atoms with Gasteiger partial charge in [-0.2, -0.15) is 0 Å². The van der Waals surface area contributed by atoms with Crippen LogP contribution in [0.25, 0.3) is 0 Å². The predicted molar refractivity (Wildman–Crippen MR) is 74.9 cm³/mol. The lowest BCUT2D eigenvalue weighted by Crippen LogP contribution is -2.38. The molecule has 7 nitrogen and oxygen atoms in total. The fraction of sp³-hybridized carbons (Fsp3) is 0.417. The lowest BCUT2D eigenvalue weighted by Gasteiger charge is -2.29. The Hall–Kier alpha value is -1.96. The summed E-state index contributed by atoms with van der Waals surface area (Å²) in [6.07, 6.45) is 0. The second-order valence-electron chi connectivity index (χ2n) is 4.54. The number of hydrogen-bond acceptors (Lipinski definition) is 5. The van der Waals surface area contributed by atoms with Crippen molar-refractivity contribution in [2.24, 2.45) is 0 Å². The molecule has 0 unspecified atom stereocenters. The van der Waals surface area contributed by atoms with Crippen LogP contribution in [0.1, 0.15) is 15.9 Å². The van der Waals surface area contributed by atoms with E-state index in [9.17, 15) is 19.1 Å². The van der Waals surface area contributed by atoms with Crippen LogP contribution in [0.5, 0.6) is 0 Å². The number of nitro groups is 1. The van der Waals surface area contributed by atoms with Gasteiger partial charge in [0.2, 0.25) is 0 Å². The summed E-state index contributed by atoms with van der Waals surface area (Å²) in [7, 11) is -0.861. The number of rotatable bonds is 3. The molecule has 0 spiro atoms. The molecule has 0 amide bonds. The van der Waals surface area contributed by atoms with E-state index in [2.05, 4.69) is 0 Å². The van der Waals surface area contributed by atoms with Crippen molar-refractivity contribution in [3.8, 4) is 0 Å². The highest BCUT2D eigenvalue weighted by Gasteiger charge is 2.24. The number of hydrogen-bond donors (Lipinski definition) is 1. The average molecular weight is 298 g/mol. The lowest BCUT2D eigenvalue weighted by molar-refractivity contribution is -0.385. The first-order valence-electron chi connectivity index (χ1n) is 6.02. The Kier molecular flexibility index (Phi) is 4.03. The van der Waals surface area contributed by atoms with Crippen molar-refractivity contribution in [2.45, 2.75) is 6.92 Å². The van der Waals surface area contributed by atoms with Gasteiger partial charge in [0, 0.05) is 47.1 Å². The van der Waals surface area contributed by atoms with E-state index in [-0.39, 0.29) is 11.3 Å². The summed E-state index contributed by atoms with van der Waals surface area (Å²) in [4.78, 5) is 23.4. The largest absolute Gasteiger partial charge is 0.478 e.